The van der Waals surface area contributed by atoms with Crippen LogP contribution < -0.4 is 9.47 Å². The van der Waals surface area contributed by atoms with E-state index in [4.69, 9.17) is 9.47 Å². The molecule has 0 aromatic heterocycles. The Kier molecular flexibility index (Phi) is 5.12. The Bertz CT molecular complexity index is 567. The van der Waals surface area contributed by atoms with Crippen LogP contribution in [0, 0.1) is 5.82 Å². The molecule has 0 amide bonds. The van der Waals surface area contributed by atoms with Crippen LogP contribution in [0.1, 0.15) is 0 Å². The van der Waals surface area contributed by atoms with Crippen molar-refractivity contribution in [2.75, 3.05) is 19.5 Å². The molecular weight excluding hydrogens is 279 g/mol. The largest absolute Gasteiger partial charge is 0.497 e. The molecule has 0 spiro atoms. The fraction of sp³-hybridized carbons (Fsp3) is 0.200. The van der Waals surface area contributed by atoms with Crippen LogP contribution >= 0.6 is 0 Å². The first-order valence-corrected chi connectivity index (χ1v) is 7.42. The van der Waals surface area contributed by atoms with Crippen LogP contribution in [0.5, 0.6) is 11.5 Å². The molecule has 0 N–H and O–H groups in total. The second kappa shape index (κ2) is 7.05. The first-order valence-electron chi connectivity index (χ1n) is 6.10. The van der Waals surface area contributed by atoms with E-state index in [1.165, 1.54) is 24.3 Å². The van der Waals surface area contributed by atoms with E-state index in [9.17, 15) is 8.60 Å². The fourth-order valence-electron chi connectivity index (χ4n) is 1.61. The maximum absolute atomic E-state index is 12.8. The molecule has 20 heavy (non-hydrogen) atoms. The van der Waals surface area contributed by atoms with Gasteiger partial charge in [-0.3, -0.25) is 4.21 Å². The number of benzene rings is 2. The molecule has 5 heteroatoms. The first kappa shape index (κ1) is 14.5. The standard InChI is InChI=1S/C15H15FO3S/c1-18-13-4-6-14(7-5-13)19-10-11-20(17)15-8-2-12(16)3-9-15/h2-9H,10-11H2,1H3. The normalized spacial score (nSPS) is 11.9. The van der Waals surface area contributed by atoms with Gasteiger partial charge in [-0.2, -0.15) is 0 Å². The summed E-state index contributed by atoms with van der Waals surface area (Å²) in [6, 6.07) is 12.8. The van der Waals surface area contributed by atoms with Gasteiger partial charge in [0.1, 0.15) is 23.9 Å². The molecule has 3 nitrogen and oxygen atoms in total. The van der Waals surface area contributed by atoms with Crippen molar-refractivity contribution in [1.29, 1.82) is 0 Å². The lowest BCUT2D eigenvalue weighted by molar-refractivity contribution is 0.341. The topological polar surface area (TPSA) is 35.5 Å². The predicted octanol–water partition coefficient (Wildman–Crippen LogP) is 3.02. The maximum Gasteiger partial charge on any atom is 0.123 e. The lowest BCUT2D eigenvalue weighted by atomic mass is 10.3. The third-order valence-electron chi connectivity index (χ3n) is 2.67. The summed E-state index contributed by atoms with van der Waals surface area (Å²) in [6.45, 7) is 0.330. The van der Waals surface area contributed by atoms with Gasteiger partial charge in [0.05, 0.1) is 23.7 Å². The minimum absolute atomic E-state index is 0.330. The molecule has 0 bridgehead atoms. The molecule has 1 atom stereocenters. The van der Waals surface area contributed by atoms with Crippen LogP contribution in [-0.2, 0) is 10.8 Å². The highest BCUT2D eigenvalue weighted by molar-refractivity contribution is 7.85. The van der Waals surface area contributed by atoms with Crippen LogP contribution in [0.2, 0.25) is 0 Å². The third kappa shape index (κ3) is 4.06. The highest BCUT2D eigenvalue weighted by Gasteiger charge is 2.04. The molecule has 2 rings (SSSR count). The third-order valence-corrected chi connectivity index (χ3v) is 4.01. The minimum Gasteiger partial charge on any atom is -0.497 e. The summed E-state index contributed by atoms with van der Waals surface area (Å²) in [5.74, 6) is 1.48. The van der Waals surface area contributed by atoms with Crippen LogP contribution in [0.15, 0.2) is 53.4 Å². The van der Waals surface area contributed by atoms with Crippen LogP contribution in [0.25, 0.3) is 0 Å². The Balaban J connectivity index is 1.82. The predicted molar refractivity (Wildman–Crippen MR) is 76.2 cm³/mol. The van der Waals surface area contributed by atoms with Crippen molar-refractivity contribution < 1.29 is 18.1 Å². The van der Waals surface area contributed by atoms with E-state index in [1.807, 2.05) is 0 Å². The quantitative estimate of drug-likeness (QED) is 0.821. The van der Waals surface area contributed by atoms with E-state index in [2.05, 4.69) is 0 Å². The van der Waals surface area contributed by atoms with E-state index in [-0.39, 0.29) is 5.82 Å². The van der Waals surface area contributed by atoms with Crippen molar-refractivity contribution in [3.8, 4) is 11.5 Å². The zero-order valence-corrected chi connectivity index (χ0v) is 11.9. The zero-order chi connectivity index (χ0) is 14.4. The van der Waals surface area contributed by atoms with E-state index in [0.717, 1.165) is 5.75 Å². The smallest absolute Gasteiger partial charge is 0.123 e. The van der Waals surface area contributed by atoms with Crippen molar-refractivity contribution >= 4 is 10.8 Å². The SMILES string of the molecule is COc1ccc(OCCS(=O)c2ccc(F)cc2)cc1. The average Bonchev–Trinajstić information content (AvgIpc) is 2.48. The van der Waals surface area contributed by atoms with Crippen LogP contribution in [-0.4, -0.2) is 23.7 Å². The lowest BCUT2D eigenvalue weighted by Gasteiger charge is -2.07. The van der Waals surface area contributed by atoms with Gasteiger partial charge in [0.25, 0.3) is 0 Å². The Morgan fingerprint density at radius 1 is 1.00 bits per heavy atom. The summed E-state index contributed by atoms with van der Waals surface area (Å²) < 4.78 is 35.2. The van der Waals surface area contributed by atoms with Gasteiger partial charge in [-0.05, 0) is 48.5 Å². The summed E-state index contributed by atoms with van der Waals surface area (Å²) in [5, 5.41) is 0. The fourth-order valence-corrected chi connectivity index (χ4v) is 2.52. The Labute approximate surface area is 119 Å². The Hall–Kier alpha value is -1.88. The van der Waals surface area contributed by atoms with Gasteiger partial charge in [0.15, 0.2) is 0 Å². The number of hydrogen-bond acceptors (Lipinski definition) is 3. The molecule has 0 heterocycles. The monoisotopic (exact) mass is 294 g/mol. The Morgan fingerprint density at radius 3 is 2.20 bits per heavy atom. The summed E-state index contributed by atoms with van der Waals surface area (Å²) in [5.41, 5.74) is 0. The van der Waals surface area contributed by atoms with Crippen molar-refractivity contribution in [3.63, 3.8) is 0 Å². The van der Waals surface area contributed by atoms with Crippen molar-refractivity contribution in [2.45, 2.75) is 4.90 Å². The van der Waals surface area contributed by atoms with Crippen molar-refractivity contribution in [2.24, 2.45) is 0 Å². The van der Waals surface area contributed by atoms with Gasteiger partial charge in [-0.25, -0.2) is 4.39 Å². The summed E-state index contributed by atoms with van der Waals surface area (Å²) in [7, 11) is 0.411. The molecule has 0 aliphatic rings. The number of methoxy groups -OCH3 is 1. The highest BCUT2D eigenvalue weighted by atomic mass is 32.2. The van der Waals surface area contributed by atoms with Gasteiger partial charge < -0.3 is 9.47 Å². The average molecular weight is 294 g/mol. The molecule has 0 saturated carbocycles. The Morgan fingerprint density at radius 2 is 1.60 bits per heavy atom. The zero-order valence-electron chi connectivity index (χ0n) is 11.0. The molecule has 0 saturated heterocycles. The number of halogens is 1. The highest BCUT2D eigenvalue weighted by Crippen LogP contribution is 2.17. The second-order valence-corrected chi connectivity index (χ2v) is 5.60. The van der Waals surface area contributed by atoms with Gasteiger partial charge in [-0.1, -0.05) is 0 Å². The van der Waals surface area contributed by atoms with Crippen molar-refractivity contribution in [3.05, 3.63) is 54.3 Å². The van der Waals surface area contributed by atoms with E-state index < -0.39 is 10.8 Å². The molecule has 0 fully saturated rings. The molecule has 0 radical (unpaired) electrons. The second-order valence-electron chi connectivity index (χ2n) is 4.03. The van der Waals surface area contributed by atoms with Crippen LogP contribution in [0.3, 0.4) is 0 Å². The van der Waals surface area contributed by atoms with E-state index >= 15 is 0 Å². The summed E-state index contributed by atoms with van der Waals surface area (Å²) >= 11 is 0. The minimum atomic E-state index is -1.19. The van der Waals surface area contributed by atoms with Gasteiger partial charge in [-0.15, -0.1) is 0 Å². The van der Waals surface area contributed by atoms with Gasteiger partial charge >= 0.3 is 0 Å². The summed E-state index contributed by atoms with van der Waals surface area (Å²) in [6.07, 6.45) is 0. The first-order chi connectivity index (χ1) is 9.69. The maximum atomic E-state index is 12.8. The lowest BCUT2D eigenvalue weighted by Crippen LogP contribution is -2.08. The number of rotatable bonds is 6. The molecule has 2 aromatic rings. The van der Waals surface area contributed by atoms with Gasteiger partial charge in [0, 0.05) is 4.90 Å². The van der Waals surface area contributed by atoms with Gasteiger partial charge in [0.2, 0.25) is 0 Å². The van der Waals surface area contributed by atoms with E-state index in [1.54, 1.807) is 31.4 Å². The summed E-state index contributed by atoms with van der Waals surface area (Å²) in [4.78, 5) is 0.602. The number of ether oxygens (including phenoxy) is 2. The molecule has 0 aliphatic heterocycles. The molecule has 0 aliphatic carbocycles. The molecular formula is C15H15FO3S. The molecule has 2 aromatic carbocycles. The number of hydrogen-bond donors (Lipinski definition) is 0. The van der Waals surface area contributed by atoms with Crippen LogP contribution in [0.4, 0.5) is 4.39 Å². The van der Waals surface area contributed by atoms with E-state index in [0.29, 0.717) is 23.0 Å². The molecule has 106 valence electrons. The van der Waals surface area contributed by atoms with Crippen molar-refractivity contribution in [1.82, 2.24) is 0 Å². The molecule has 1 unspecified atom stereocenters.